The topological polar surface area (TPSA) is 58.9 Å². The SMILES string of the molecule is COc1cc(C(C)(C)C)ccc1OCC(O)CO. The monoisotopic (exact) mass is 254 g/mol. The van der Waals surface area contributed by atoms with Crippen molar-refractivity contribution < 1.29 is 19.7 Å². The van der Waals surface area contributed by atoms with Gasteiger partial charge >= 0.3 is 0 Å². The summed E-state index contributed by atoms with van der Waals surface area (Å²) in [5.41, 5.74) is 1.19. The van der Waals surface area contributed by atoms with Gasteiger partial charge in [-0.15, -0.1) is 0 Å². The van der Waals surface area contributed by atoms with Crippen molar-refractivity contribution in [1.29, 1.82) is 0 Å². The largest absolute Gasteiger partial charge is 0.493 e. The molecule has 0 aromatic heterocycles. The maximum atomic E-state index is 9.25. The molecule has 1 rings (SSSR count). The molecule has 102 valence electrons. The number of aliphatic hydroxyl groups is 2. The first-order valence-electron chi connectivity index (χ1n) is 5.98. The summed E-state index contributed by atoms with van der Waals surface area (Å²) in [7, 11) is 1.58. The van der Waals surface area contributed by atoms with Crippen LogP contribution in [0.3, 0.4) is 0 Å². The average molecular weight is 254 g/mol. The van der Waals surface area contributed by atoms with Crippen molar-refractivity contribution in [2.45, 2.75) is 32.3 Å². The third-order valence-electron chi connectivity index (χ3n) is 2.67. The van der Waals surface area contributed by atoms with Gasteiger partial charge in [-0.2, -0.15) is 0 Å². The molecule has 1 unspecified atom stereocenters. The lowest BCUT2D eigenvalue weighted by Crippen LogP contribution is -2.21. The summed E-state index contributed by atoms with van der Waals surface area (Å²) in [6.07, 6.45) is -0.878. The summed E-state index contributed by atoms with van der Waals surface area (Å²) < 4.78 is 10.7. The van der Waals surface area contributed by atoms with Crippen LogP contribution in [0.15, 0.2) is 18.2 Å². The smallest absolute Gasteiger partial charge is 0.161 e. The molecule has 0 bridgehead atoms. The fourth-order valence-corrected chi connectivity index (χ4v) is 1.49. The standard InChI is InChI=1S/C14H22O4/c1-14(2,3)10-5-6-12(13(7-10)17-4)18-9-11(16)8-15/h5-7,11,15-16H,8-9H2,1-4H3. The molecule has 0 aliphatic rings. The Hall–Kier alpha value is -1.26. The molecule has 0 fully saturated rings. The van der Waals surface area contributed by atoms with Crippen molar-refractivity contribution >= 4 is 0 Å². The van der Waals surface area contributed by atoms with Crippen LogP contribution in [0.5, 0.6) is 11.5 Å². The predicted octanol–water partition coefficient (Wildman–Crippen LogP) is 1.72. The lowest BCUT2D eigenvalue weighted by Gasteiger charge is -2.21. The average Bonchev–Trinajstić information content (AvgIpc) is 2.34. The van der Waals surface area contributed by atoms with Gasteiger partial charge in [0.2, 0.25) is 0 Å². The molecule has 0 radical (unpaired) electrons. The van der Waals surface area contributed by atoms with E-state index >= 15 is 0 Å². The van der Waals surface area contributed by atoms with E-state index in [1.54, 1.807) is 7.11 Å². The molecule has 0 saturated carbocycles. The van der Waals surface area contributed by atoms with E-state index in [0.29, 0.717) is 11.5 Å². The van der Waals surface area contributed by atoms with E-state index in [1.165, 1.54) is 0 Å². The number of hydrogen-bond donors (Lipinski definition) is 2. The van der Waals surface area contributed by atoms with Gasteiger partial charge < -0.3 is 19.7 Å². The fourth-order valence-electron chi connectivity index (χ4n) is 1.49. The molecule has 0 aliphatic carbocycles. The summed E-state index contributed by atoms with van der Waals surface area (Å²) in [6, 6.07) is 5.73. The molecule has 18 heavy (non-hydrogen) atoms. The highest BCUT2D eigenvalue weighted by Gasteiger charge is 2.16. The van der Waals surface area contributed by atoms with E-state index in [1.807, 2.05) is 18.2 Å². The van der Waals surface area contributed by atoms with Crippen LogP contribution in [0, 0.1) is 0 Å². The molecular formula is C14H22O4. The Morgan fingerprint density at radius 2 is 1.89 bits per heavy atom. The zero-order chi connectivity index (χ0) is 13.8. The highest BCUT2D eigenvalue weighted by Crippen LogP contribution is 2.33. The van der Waals surface area contributed by atoms with E-state index in [0.717, 1.165) is 5.56 Å². The van der Waals surface area contributed by atoms with Crippen molar-refractivity contribution in [2.24, 2.45) is 0 Å². The second kappa shape index (κ2) is 6.07. The first-order chi connectivity index (χ1) is 8.38. The fraction of sp³-hybridized carbons (Fsp3) is 0.571. The highest BCUT2D eigenvalue weighted by molar-refractivity contribution is 5.44. The number of methoxy groups -OCH3 is 1. The molecule has 4 heteroatoms. The Balaban J connectivity index is 2.87. The third kappa shape index (κ3) is 3.89. The molecule has 0 spiro atoms. The Labute approximate surface area is 108 Å². The summed E-state index contributed by atoms with van der Waals surface area (Å²) in [6.45, 7) is 6.09. The molecule has 0 amide bonds. The molecule has 0 heterocycles. The van der Waals surface area contributed by atoms with E-state index in [4.69, 9.17) is 14.6 Å². The van der Waals surface area contributed by atoms with Crippen molar-refractivity contribution in [3.63, 3.8) is 0 Å². The van der Waals surface area contributed by atoms with Gasteiger partial charge in [-0.3, -0.25) is 0 Å². The normalized spacial score (nSPS) is 13.2. The third-order valence-corrected chi connectivity index (χ3v) is 2.67. The molecule has 2 N–H and O–H groups in total. The zero-order valence-corrected chi connectivity index (χ0v) is 11.4. The number of aliphatic hydroxyl groups excluding tert-OH is 2. The molecular weight excluding hydrogens is 232 g/mol. The highest BCUT2D eigenvalue weighted by atomic mass is 16.5. The van der Waals surface area contributed by atoms with Gasteiger partial charge in [0.25, 0.3) is 0 Å². The quantitative estimate of drug-likeness (QED) is 0.840. The van der Waals surface area contributed by atoms with Gasteiger partial charge in [-0.05, 0) is 23.1 Å². The second-order valence-electron chi connectivity index (χ2n) is 5.26. The number of rotatable bonds is 5. The molecule has 1 aromatic carbocycles. The van der Waals surface area contributed by atoms with Crippen molar-refractivity contribution in [3.05, 3.63) is 23.8 Å². The number of ether oxygens (including phenoxy) is 2. The van der Waals surface area contributed by atoms with E-state index < -0.39 is 6.10 Å². The summed E-state index contributed by atoms with van der Waals surface area (Å²) >= 11 is 0. The van der Waals surface area contributed by atoms with Crippen LogP contribution in [-0.4, -0.2) is 36.6 Å². The molecule has 4 nitrogen and oxygen atoms in total. The van der Waals surface area contributed by atoms with Gasteiger partial charge in [0.05, 0.1) is 13.7 Å². The maximum absolute atomic E-state index is 9.25. The molecule has 1 aromatic rings. The van der Waals surface area contributed by atoms with E-state index in [9.17, 15) is 5.11 Å². The van der Waals surface area contributed by atoms with Gasteiger partial charge in [0.15, 0.2) is 11.5 Å². The van der Waals surface area contributed by atoms with Gasteiger partial charge in [0.1, 0.15) is 12.7 Å². The first kappa shape index (κ1) is 14.8. The van der Waals surface area contributed by atoms with Crippen molar-refractivity contribution in [3.8, 4) is 11.5 Å². The molecule has 1 atom stereocenters. The van der Waals surface area contributed by atoms with Crippen LogP contribution >= 0.6 is 0 Å². The minimum absolute atomic E-state index is 0.0381. The summed E-state index contributed by atoms with van der Waals surface area (Å²) in [5, 5.41) is 18.0. The minimum atomic E-state index is -0.878. The number of hydrogen-bond acceptors (Lipinski definition) is 4. The molecule has 0 saturated heterocycles. The van der Waals surface area contributed by atoms with Crippen LogP contribution in [-0.2, 0) is 5.41 Å². The summed E-state index contributed by atoms with van der Waals surface area (Å²) in [4.78, 5) is 0. The maximum Gasteiger partial charge on any atom is 0.161 e. The van der Waals surface area contributed by atoms with Crippen molar-refractivity contribution in [1.82, 2.24) is 0 Å². The lowest BCUT2D eigenvalue weighted by molar-refractivity contribution is 0.0527. The predicted molar refractivity (Wildman–Crippen MR) is 70.3 cm³/mol. The van der Waals surface area contributed by atoms with Crippen molar-refractivity contribution in [2.75, 3.05) is 20.3 Å². The molecule has 0 aliphatic heterocycles. The Bertz CT molecular complexity index is 382. The summed E-state index contributed by atoms with van der Waals surface area (Å²) in [5.74, 6) is 1.20. The Kier molecular flexibility index (Phi) is 4.99. The first-order valence-corrected chi connectivity index (χ1v) is 5.98. The zero-order valence-electron chi connectivity index (χ0n) is 11.4. The van der Waals surface area contributed by atoms with Gasteiger partial charge in [0, 0.05) is 0 Å². The van der Waals surface area contributed by atoms with Crippen LogP contribution < -0.4 is 9.47 Å². The lowest BCUT2D eigenvalue weighted by atomic mass is 9.87. The Morgan fingerprint density at radius 3 is 2.39 bits per heavy atom. The van der Waals surface area contributed by atoms with Gasteiger partial charge in [-0.25, -0.2) is 0 Å². The van der Waals surface area contributed by atoms with E-state index in [2.05, 4.69) is 20.8 Å². The Morgan fingerprint density at radius 1 is 1.22 bits per heavy atom. The number of benzene rings is 1. The minimum Gasteiger partial charge on any atom is -0.493 e. The van der Waals surface area contributed by atoms with Crippen LogP contribution in [0.1, 0.15) is 26.3 Å². The van der Waals surface area contributed by atoms with Gasteiger partial charge in [-0.1, -0.05) is 26.8 Å². The van der Waals surface area contributed by atoms with Crippen LogP contribution in [0.25, 0.3) is 0 Å². The second-order valence-corrected chi connectivity index (χ2v) is 5.26. The van der Waals surface area contributed by atoms with E-state index in [-0.39, 0.29) is 18.6 Å². The van der Waals surface area contributed by atoms with Crippen LogP contribution in [0.4, 0.5) is 0 Å². The van der Waals surface area contributed by atoms with Crippen LogP contribution in [0.2, 0.25) is 0 Å².